The summed E-state index contributed by atoms with van der Waals surface area (Å²) in [4.78, 5) is 11.7. The van der Waals surface area contributed by atoms with Gasteiger partial charge in [-0.15, -0.1) is 0 Å². The number of rotatable bonds is 3. The van der Waals surface area contributed by atoms with Crippen LogP contribution in [0.4, 0.5) is 5.69 Å². The fourth-order valence-corrected chi connectivity index (χ4v) is 4.32. The SMILES string of the molecule is Cc1ccccc1NS(=O)(=O)c1ccc2c(c1)sc(=O)n2C. The highest BCUT2D eigenvalue weighted by molar-refractivity contribution is 7.92. The molecule has 0 spiro atoms. The molecule has 0 amide bonds. The highest BCUT2D eigenvalue weighted by Gasteiger charge is 2.17. The predicted molar refractivity (Wildman–Crippen MR) is 89.1 cm³/mol. The molecule has 0 aliphatic carbocycles. The number of nitrogens with one attached hydrogen (secondary N) is 1. The van der Waals surface area contributed by atoms with Crippen molar-refractivity contribution < 1.29 is 8.42 Å². The number of thiazole rings is 1. The maximum absolute atomic E-state index is 12.5. The molecule has 1 aromatic heterocycles. The highest BCUT2D eigenvalue weighted by Crippen LogP contribution is 2.24. The molecule has 2 aromatic carbocycles. The van der Waals surface area contributed by atoms with Gasteiger partial charge < -0.3 is 4.57 Å². The molecule has 0 radical (unpaired) electrons. The van der Waals surface area contributed by atoms with E-state index in [2.05, 4.69) is 4.72 Å². The second-order valence-corrected chi connectivity index (χ2v) is 7.65. The van der Waals surface area contributed by atoms with Gasteiger partial charge in [0.2, 0.25) is 0 Å². The first-order chi connectivity index (χ1) is 10.4. The van der Waals surface area contributed by atoms with Crippen LogP contribution in [0.15, 0.2) is 52.2 Å². The van der Waals surface area contributed by atoms with Crippen LogP contribution >= 0.6 is 11.3 Å². The third-order valence-electron chi connectivity index (χ3n) is 3.46. The van der Waals surface area contributed by atoms with E-state index in [1.807, 2.05) is 19.1 Å². The lowest BCUT2D eigenvalue weighted by molar-refractivity contribution is 0.601. The predicted octanol–water partition coefficient (Wildman–Crippen LogP) is 2.71. The number of fused-ring (bicyclic) bond motifs is 1. The Morgan fingerprint density at radius 1 is 1.14 bits per heavy atom. The molecule has 0 saturated carbocycles. The quantitative estimate of drug-likeness (QED) is 0.801. The molecule has 5 nitrogen and oxygen atoms in total. The molecule has 0 fully saturated rings. The lowest BCUT2D eigenvalue weighted by Gasteiger charge is -2.10. The topological polar surface area (TPSA) is 68.2 Å². The van der Waals surface area contributed by atoms with Crippen LogP contribution in [0, 0.1) is 6.92 Å². The molecule has 114 valence electrons. The molecule has 3 aromatic rings. The zero-order valence-electron chi connectivity index (χ0n) is 12.0. The van der Waals surface area contributed by atoms with Gasteiger partial charge >= 0.3 is 4.87 Å². The Balaban J connectivity index is 2.06. The maximum atomic E-state index is 12.5. The smallest absolute Gasteiger partial charge is 0.302 e. The average Bonchev–Trinajstić information content (AvgIpc) is 2.76. The molecule has 1 heterocycles. The number of benzene rings is 2. The number of aromatic nitrogens is 1. The van der Waals surface area contributed by atoms with E-state index in [-0.39, 0.29) is 9.77 Å². The summed E-state index contributed by atoms with van der Waals surface area (Å²) in [5, 5.41) is 0. The molecule has 0 atom stereocenters. The van der Waals surface area contributed by atoms with Crippen LogP contribution in [-0.2, 0) is 17.1 Å². The average molecular weight is 334 g/mol. The third-order valence-corrected chi connectivity index (χ3v) is 5.82. The van der Waals surface area contributed by atoms with E-state index in [4.69, 9.17) is 0 Å². The van der Waals surface area contributed by atoms with E-state index in [9.17, 15) is 13.2 Å². The van der Waals surface area contributed by atoms with Gasteiger partial charge in [-0.25, -0.2) is 8.42 Å². The Kier molecular flexibility index (Phi) is 3.54. The number of hydrogen-bond donors (Lipinski definition) is 1. The number of nitrogens with zero attached hydrogens (tertiary/aromatic N) is 1. The Morgan fingerprint density at radius 2 is 1.86 bits per heavy atom. The van der Waals surface area contributed by atoms with Crippen molar-refractivity contribution in [1.82, 2.24) is 4.57 Å². The van der Waals surface area contributed by atoms with E-state index < -0.39 is 10.0 Å². The summed E-state index contributed by atoms with van der Waals surface area (Å²) in [6.45, 7) is 1.84. The number of aryl methyl sites for hydroxylation is 2. The fourth-order valence-electron chi connectivity index (χ4n) is 2.17. The van der Waals surface area contributed by atoms with Gasteiger partial charge in [0.25, 0.3) is 10.0 Å². The van der Waals surface area contributed by atoms with Gasteiger partial charge in [-0.2, -0.15) is 0 Å². The molecule has 7 heteroatoms. The first kappa shape index (κ1) is 14.8. The van der Waals surface area contributed by atoms with Gasteiger partial charge in [-0.3, -0.25) is 9.52 Å². The van der Waals surface area contributed by atoms with Crippen molar-refractivity contribution in [3.8, 4) is 0 Å². The summed E-state index contributed by atoms with van der Waals surface area (Å²) in [5.74, 6) is 0. The van der Waals surface area contributed by atoms with Gasteiger partial charge in [-0.05, 0) is 36.8 Å². The molecule has 0 aliphatic rings. The van der Waals surface area contributed by atoms with Crippen molar-refractivity contribution in [2.24, 2.45) is 7.05 Å². The monoisotopic (exact) mass is 334 g/mol. The van der Waals surface area contributed by atoms with Crippen LogP contribution < -0.4 is 9.60 Å². The molecule has 22 heavy (non-hydrogen) atoms. The minimum absolute atomic E-state index is 0.114. The summed E-state index contributed by atoms with van der Waals surface area (Å²) in [5.41, 5.74) is 2.12. The largest absolute Gasteiger partial charge is 0.307 e. The molecule has 1 N–H and O–H groups in total. The van der Waals surface area contributed by atoms with E-state index in [1.54, 1.807) is 25.2 Å². The van der Waals surface area contributed by atoms with Gasteiger partial charge in [0.05, 0.1) is 20.8 Å². The van der Waals surface area contributed by atoms with Crippen molar-refractivity contribution in [2.75, 3.05) is 4.72 Å². The van der Waals surface area contributed by atoms with Crippen LogP contribution in [0.3, 0.4) is 0 Å². The fraction of sp³-hybridized carbons (Fsp3) is 0.133. The maximum Gasteiger partial charge on any atom is 0.307 e. The molecule has 3 rings (SSSR count). The zero-order chi connectivity index (χ0) is 15.9. The van der Waals surface area contributed by atoms with Crippen molar-refractivity contribution in [3.63, 3.8) is 0 Å². The summed E-state index contributed by atoms with van der Waals surface area (Å²) < 4.78 is 29.7. The number of anilines is 1. The zero-order valence-corrected chi connectivity index (χ0v) is 13.7. The van der Waals surface area contributed by atoms with Crippen molar-refractivity contribution in [1.29, 1.82) is 0 Å². The first-order valence-electron chi connectivity index (χ1n) is 6.56. The lowest BCUT2D eigenvalue weighted by atomic mass is 10.2. The Hall–Kier alpha value is -2.12. The van der Waals surface area contributed by atoms with Gasteiger partial charge in [0, 0.05) is 7.05 Å². The van der Waals surface area contributed by atoms with E-state index in [1.165, 1.54) is 16.7 Å². The van der Waals surface area contributed by atoms with Gasteiger partial charge in [0.15, 0.2) is 0 Å². The summed E-state index contributed by atoms with van der Waals surface area (Å²) in [6, 6.07) is 11.9. The van der Waals surface area contributed by atoms with Gasteiger partial charge in [0.1, 0.15) is 0 Å². The van der Waals surface area contributed by atoms with E-state index in [0.717, 1.165) is 22.4 Å². The normalized spacial score (nSPS) is 11.7. The second kappa shape index (κ2) is 5.26. The van der Waals surface area contributed by atoms with Crippen LogP contribution in [-0.4, -0.2) is 13.0 Å². The minimum Gasteiger partial charge on any atom is -0.302 e. The van der Waals surface area contributed by atoms with E-state index >= 15 is 0 Å². The van der Waals surface area contributed by atoms with Crippen molar-refractivity contribution >= 4 is 37.3 Å². The summed E-state index contributed by atoms with van der Waals surface area (Å²) >= 11 is 1.03. The van der Waals surface area contributed by atoms with Crippen LogP contribution in [0.25, 0.3) is 10.2 Å². The number of hydrogen-bond acceptors (Lipinski definition) is 4. The number of sulfonamides is 1. The molecule has 0 bridgehead atoms. The third kappa shape index (κ3) is 2.53. The Morgan fingerprint density at radius 3 is 2.59 bits per heavy atom. The summed E-state index contributed by atoms with van der Waals surface area (Å²) in [7, 11) is -2.02. The molecule has 0 aliphatic heterocycles. The van der Waals surface area contributed by atoms with Crippen molar-refractivity contribution in [3.05, 3.63) is 57.7 Å². The van der Waals surface area contributed by atoms with Crippen LogP contribution in [0.5, 0.6) is 0 Å². The number of para-hydroxylation sites is 1. The van der Waals surface area contributed by atoms with Gasteiger partial charge in [-0.1, -0.05) is 29.5 Å². The Labute approximate surface area is 131 Å². The second-order valence-electron chi connectivity index (χ2n) is 4.98. The lowest BCUT2D eigenvalue weighted by Crippen LogP contribution is -2.13. The van der Waals surface area contributed by atoms with Crippen LogP contribution in [0.1, 0.15) is 5.56 Å². The molecule has 0 saturated heterocycles. The van der Waals surface area contributed by atoms with E-state index in [0.29, 0.717) is 10.4 Å². The van der Waals surface area contributed by atoms with Crippen molar-refractivity contribution in [2.45, 2.75) is 11.8 Å². The Bertz CT molecular complexity index is 1020. The summed E-state index contributed by atoms with van der Waals surface area (Å²) in [6.07, 6.45) is 0. The molecule has 0 unspecified atom stereocenters. The molecular weight excluding hydrogens is 320 g/mol. The minimum atomic E-state index is -3.69. The first-order valence-corrected chi connectivity index (χ1v) is 8.86. The standard InChI is InChI=1S/C15H14N2O3S2/c1-10-5-3-4-6-12(10)16-22(19,20)11-7-8-13-14(9-11)21-15(18)17(13)2/h3-9,16H,1-2H3. The highest BCUT2D eigenvalue weighted by atomic mass is 32.2. The van der Waals surface area contributed by atoms with Crippen LogP contribution in [0.2, 0.25) is 0 Å². The molecular formula is C15H14N2O3S2.